The fraction of sp³-hybridized carbons (Fsp3) is 0.833. The number of unbranched alkanes of at least 4 members (excludes halogenated alkanes) is 3. The van der Waals surface area contributed by atoms with Gasteiger partial charge in [0.1, 0.15) is 11.4 Å². The predicted octanol–water partition coefficient (Wildman–Crippen LogP) is 2.83. The molecule has 0 aliphatic rings. The van der Waals surface area contributed by atoms with Crippen molar-refractivity contribution in [3.8, 4) is 0 Å². The van der Waals surface area contributed by atoms with Crippen LogP contribution >= 0.6 is 0 Å². The van der Waals surface area contributed by atoms with Gasteiger partial charge in [-0.15, -0.1) is 0 Å². The number of aromatic nitrogens is 2. The summed E-state index contributed by atoms with van der Waals surface area (Å²) in [6.07, 6.45) is 6.51. The van der Waals surface area contributed by atoms with Crippen molar-refractivity contribution in [2.24, 2.45) is 0 Å². The predicted molar refractivity (Wildman–Crippen MR) is 64.1 cm³/mol. The molecule has 1 unspecified atom stereocenters. The Morgan fingerprint density at radius 1 is 1.25 bits per heavy atom. The molecule has 0 amide bonds. The highest BCUT2D eigenvalue weighted by Gasteiger charge is 2.06. The van der Waals surface area contributed by atoms with Gasteiger partial charge in [0.2, 0.25) is 0 Å². The summed E-state index contributed by atoms with van der Waals surface area (Å²) in [5.74, 6) is 0. The van der Waals surface area contributed by atoms with Crippen LogP contribution in [0.5, 0.6) is 0 Å². The SMILES string of the molecule is CCCCCCC(C)NCc1nonc1C. The van der Waals surface area contributed by atoms with Crippen molar-refractivity contribution in [2.45, 2.75) is 65.5 Å². The number of hydrogen-bond acceptors (Lipinski definition) is 4. The Morgan fingerprint density at radius 3 is 2.69 bits per heavy atom. The molecule has 92 valence electrons. The molecule has 0 radical (unpaired) electrons. The molecule has 0 aromatic carbocycles. The summed E-state index contributed by atoms with van der Waals surface area (Å²) in [5.41, 5.74) is 1.80. The fourth-order valence-electron chi connectivity index (χ4n) is 1.66. The molecule has 0 aliphatic carbocycles. The maximum atomic E-state index is 4.65. The Morgan fingerprint density at radius 2 is 2.06 bits per heavy atom. The van der Waals surface area contributed by atoms with Crippen molar-refractivity contribution in [1.29, 1.82) is 0 Å². The van der Waals surface area contributed by atoms with E-state index in [0.717, 1.165) is 17.9 Å². The normalized spacial score (nSPS) is 12.9. The van der Waals surface area contributed by atoms with Gasteiger partial charge >= 0.3 is 0 Å². The summed E-state index contributed by atoms with van der Waals surface area (Å²) in [7, 11) is 0. The van der Waals surface area contributed by atoms with Gasteiger partial charge in [-0.05, 0) is 20.3 Å². The Labute approximate surface area is 97.8 Å². The van der Waals surface area contributed by atoms with E-state index in [-0.39, 0.29) is 0 Å². The van der Waals surface area contributed by atoms with E-state index in [0.29, 0.717) is 6.04 Å². The highest BCUT2D eigenvalue weighted by Crippen LogP contribution is 2.06. The van der Waals surface area contributed by atoms with Gasteiger partial charge in [-0.25, -0.2) is 4.63 Å². The second-order valence-electron chi connectivity index (χ2n) is 4.43. The maximum absolute atomic E-state index is 4.65. The molecular weight excluding hydrogens is 202 g/mol. The fourth-order valence-corrected chi connectivity index (χ4v) is 1.66. The molecule has 1 aromatic rings. The lowest BCUT2D eigenvalue weighted by atomic mass is 10.1. The van der Waals surface area contributed by atoms with Gasteiger partial charge in [0.25, 0.3) is 0 Å². The van der Waals surface area contributed by atoms with E-state index in [4.69, 9.17) is 0 Å². The van der Waals surface area contributed by atoms with Crippen molar-refractivity contribution in [3.63, 3.8) is 0 Å². The van der Waals surface area contributed by atoms with Crippen LogP contribution in [-0.4, -0.2) is 16.4 Å². The number of rotatable bonds is 8. The second kappa shape index (κ2) is 7.39. The summed E-state index contributed by atoms with van der Waals surface area (Å²) in [6.45, 7) is 7.13. The van der Waals surface area contributed by atoms with Crippen molar-refractivity contribution >= 4 is 0 Å². The molecule has 1 N–H and O–H groups in total. The molecule has 1 aromatic heterocycles. The first-order valence-electron chi connectivity index (χ1n) is 6.25. The molecule has 0 saturated carbocycles. The molecule has 0 saturated heterocycles. The van der Waals surface area contributed by atoms with Crippen LogP contribution in [0.2, 0.25) is 0 Å². The molecule has 0 bridgehead atoms. The average molecular weight is 225 g/mol. The smallest absolute Gasteiger partial charge is 0.121 e. The molecule has 4 heteroatoms. The monoisotopic (exact) mass is 225 g/mol. The topological polar surface area (TPSA) is 51.0 Å². The van der Waals surface area contributed by atoms with Crippen LogP contribution in [0.1, 0.15) is 57.3 Å². The van der Waals surface area contributed by atoms with Crippen molar-refractivity contribution in [1.82, 2.24) is 15.6 Å². The molecule has 0 spiro atoms. The molecule has 0 aliphatic heterocycles. The molecular formula is C12H23N3O. The van der Waals surface area contributed by atoms with Crippen LogP contribution in [0.25, 0.3) is 0 Å². The zero-order chi connectivity index (χ0) is 11.8. The van der Waals surface area contributed by atoms with Crippen molar-refractivity contribution in [3.05, 3.63) is 11.4 Å². The Kier molecular flexibility index (Phi) is 6.08. The molecule has 1 heterocycles. The minimum atomic E-state index is 0.535. The molecule has 1 atom stereocenters. The highest BCUT2D eigenvalue weighted by atomic mass is 16.6. The summed E-state index contributed by atoms with van der Waals surface area (Å²) in [4.78, 5) is 0. The van der Waals surface area contributed by atoms with E-state index in [1.54, 1.807) is 0 Å². The average Bonchev–Trinajstić information content (AvgIpc) is 2.67. The van der Waals surface area contributed by atoms with Crippen molar-refractivity contribution < 1.29 is 4.63 Å². The lowest BCUT2D eigenvalue weighted by Gasteiger charge is -2.12. The van der Waals surface area contributed by atoms with Crippen LogP contribution in [0.3, 0.4) is 0 Å². The first-order valence-corrected chi connectivity index (χ1v) is 6.25. The van der Waals surface area contributed by atoms with E-state index in [1.807, 2.05) is 6.92 Å². The van der Waals surface area contributed by atoms with Crippen molar-refractivity contribution in [2.75, 3.05) is 0 Å². The maximum Gasteiger partial charge on any atom is 0.121 e. The van der Waals surface area contributed by atoms with Gasteiger partial charge in [-0.2, -0.15) is 0 Å². The van der Waals surface area contributed by atoms with Crippen LogP contribution in [0, 0.1) is 6.92 Å². The molecule has 0 fully saturated rings. The Hall–Kier alpha value is -0.900. The first-order chi connectivity index (χ1) is 7.74. The first kappa shape index (κ1) is 13.2. The third kappa shape index (κ3) is 4.75. The second-order valence-corrected chi connectivity index (χ2v) is 4.43. The van der Waals surface area contributed by atoms with Gasteiger partial charge in [0, 0.05) is 12.6 Å². The lowest BCUT2D eigenvalue weighted by Crippen LogP contribution is -2.25. The van der Waals surface area contributed by atoms with Crippen LogP contribution < -0.4 is 5.32 Å². The van der Waals surface area contributed by atoms with E-state index in [9.17, 15) is 0 Å². The van der Waals surface area contributed by atoms with E-state index < -0.39 is 0 Å². The summed E-state index contributed by atoms with van der Waals surface area (Å²) in [5, 5.41) is 11.0. The van der Waals surface area contributed by atoms with Crippen LogP contribution in [0.4, 0.5) is 0 Å². The Balaban J connectivity index is 2.10. The van der Waals surface area contributed by atoms with Gasteiger partial charge in [-0.3, -0.25) is 0 Å². The number of aryl methyl sites for hydroxylation is 1. The third-order valence-electron chi connectivity index (χ3n) is 2.86. The standard InChI is InChI=1S/C12H23N3O/c1-4-5-6-7-8-10(2)13-9-12-11(3)14-16-15-12/h10,13H,4-9H2,1-3H3. The van der Waals surface area contributed by atoms with E-state index in [2.05, 4.69) is 34.1 Å². The van der Waals surface area contributed by atoms with Gasteiger partial charge in [0.05, 0.1) is 0 Å². The zero-order valence-corrected chi connectivity index (χ0v) is 10.6. The Bertz CT molecular complexity index is 286. The van der Waals surface area contributed by atoms with Crippen LogP contribution in [0.15, 0.2) is 4.63 Å². The zero-order valence-electron chi connectivity index (χ0n) is 10.6. The lowest BCUT2D eigenvalue weighted by molar-refractivity contribution is 0.299. The van der Waals surface area contributed by atoms with Crippen LogP contribution in [-0.2, 0) is 6.54 Å². The van der Waals surface area contributed by atoms with Gasteiger partial charge in [-0.1, -0.05) is 42.9 Å². The summed E-state index contributed by atoms with van der Waals surface area (Å²) >= 11 is 0. The van der Waals surface area contributed by atoms with E-state index >= 15 is 0 Å². The molecule has 1 rings (SSSR count). The quantitative estimate of drug-likeness (QED) is 0.691. The summed E-state index contributed by atoms with van der Waals surface area (Å²) < 4.78 is 4.65. The van der Waals surface area contributed by atoms with Gasteiger partial charge in [0.15, 0.2) is 0 Å². The minimum Gasteiger partial charge on any atom is -0.308 e. The van der Waals surface area contributed by atoms with Gasteiger partial charge < -0.3 is 5.32 Å². The number of hydrogen-bond donors (Lipinski definition) is 1. The third-order valence-corrected chi connectivity index (χ3v) is 2.86. The largest absolute Gasteiger partial charge is 0.308 e. The highest BCUT2D eigenvalue weighted by molar-refractivity contribution is 5.03. The molecule has 4 nitrogen and oxygen atoms in total. The number of nitrogens with one attached hydrogen (secondary N) is 1. The minimum absolute atomic E-state index is 0.535. The molecule has 16 heavy (non-hydrogen) atoms. The summed E-state index contributed by atoms with van der Waals surface area (Å²) in [6, 6.07) is 0.535. The number of nitrogens with zero attached hydrogens (tertiary/aromatic N) is 2. The van der Waals surface area contributed by atoms with E-state index in [1.165, 1.54) is 32.1 Å².